The molecule has 0 aromatic heterocycles. The van der Waals surface area contributed by atoms with E-state index in [0.717, 1.165) is 35.1 Å². The zero-order valence-electron chi connectivity index (χ0n) is 20.7. The van der Waals surface area contributed by atoms with E-state index >= 15 is 0 Å². The predicted molar refractivity (Wildman–Crippen MR) is 150 cm³/mol. The Hall–Kier alpha value is -3.68. The third-order valence-electron chi connectivity index (χ3n) is 5.15. The quantitative estimate of drug-likeness (QED) is 0.240. The van der Waals surface area contributed by atoms with Crippen LogP contribution in [0.25, 0.3) is 22.3 Å². The Labute approximate surface area is 239 Å². The van der Waals surface area contributed by atoms with Gasteiger partial charge in [0.15, 0.2) is 0 Å². The molecule has 0 saturated heterocycles. The molecule has 2 N–H and O–H groups in total. The Kier molecular flexibility index (Phi) is 14.1. The molecule has 4 aromatic rings. The molecule has 0 amide bonds. The molecule has 4 aromatic carbocycles. The molecule has 182 valence electrons. The fourth-order valence-electron chi connectivity index (χ4n) is 3.35. The summed E-state index contributed by atoms with van der Waals surface area (Å²) >= 11 is 0. The van der Waals surface area contributed by atoms with E-state index in [1.165, 1.54) is 0 Å². The summed E-state index contributed by atoms with van der Waals surface area (Å²) in [6.45, 7) is 0. The van der Waals surface area contributed by atoms with Crippen LogP contribution in [-0.4, -0.2) is 10.2 Å². The van der Waals surface area contributed by atoms with E-state index in [4.69, 9.17) is 0 Å². The van der Waals surface area contributed by atoms with Crippen molar-refractivity contribution in [1.82, 2.24) is 0 Å². The summed E-state index contributed by atoms with van der Waals surface area (Å²) in [4.78, 5) is 0. The van der Waals surface area contributed by atoms with E-state index < -0.39 is 0 Å². The molecule has 2 aliphatic carbocycles. The number of phenolic OH excluding ortho intramolecular Hbond substituents is 2. The summed E-state index contributed by atoms with van der Waals surface area (Å²) in [7, 11) is 0. The van der Waals surface area contributed by atoms with Gasteiger partial charge in [0.05, 0.1) is 0 Å². The number of allylic oxidation sites excluding steroid dienone is 8. The summed E-state index contributed by atoms with van der Waals surface area (Å²) in [5.74, 6) is 0.655. The van der Waals surface area contributed by atoms with E-state index in [2.05, 4.69) is 24.3 Å². The molecule has 0 spiro atoms. The first-order chi connectivity index (χ1) is 17.8. The summed E-state index contributed by atoms with van der Waals surface area (Å²) in [5.41, 5.74) is 3.84. The van der Waals surface area contributed by atoms with Crippen LogP contribution in [0.4, 0.5) is 0 Å². The molecular formula is C34H30O2Zr. The van der Waals surface area contributed by atoms with Crippen LogP contribution in [0.15, 0.2) is 146 Å². The average molecular weight is 562 g/mol. The summed E-state index contributed by atoms with van der Waals surface area (Å²) in [6, 6.07) is 34.4. The maximum atomic E-state index is 9.56. The molecule has 0 radical (unpaired) electrons. The molecule has 0 fully saturated rings. The first-order valence-corrected chi connectivity index (χ1v) is 11.9. The number of phenols is 2. The third kappa shape index (κ3) is 10.9. The van der Waals surface area contributed by atoms with Crippen molar-refractivity contribution in [3.05, 3.63) is 158 Å². The van der Waals surface area contributed by atoms with Gasteiger partial charge in [0.1, 0.15) is 11.5 Å². The van der Waals surface area contributed by atoms with Crippen LogP contribution in [-0.2, 0) is 26.2 Å². The SMILES string of the molecule is Oc1ccccc1-c1ccccc1.Oc1ccccc1-c1ccccc1.[C-]1=CC=CC1.[C-]1=CC=CC1.[Zr+2]. The maximum Gasteiger partial charge on any atom is 2.00 e. The van der Waals surface area contributed by atoms with Crippen molar-refractivity contribution in [1.29, 1.82) is 0 Å². The molecule has 6 rings (SSSR count). The monoisotopic (exact) mass is 560 g/mol. The van der Waals surface area contributed by atoms with Crippen LogP contribution in [0.1, 0.15) is 12.8 Å². The van der Waals surface area contributed by atoms with Gasteiger partial charge in [-0.15, -0.1) is 12.8 Å². The van der Waals surface area contributed by atoms with E-state index in [9.17, 15) is 10.2 Å². The first-order valence-electron chi connectivity index (χ1n) is 11.9. The topological polar surface area (TPSA) is 40.5 Å². The number of rotatable bonds is 2. The Morgan fingerprint density at radius 2 is 0.811 bits per heavy atom. The van der Waals surface area contributed by atoms with E-state index in [0.29, 0.717) is 11.5 Å². The molecule has 2 aliphatic rings. The van der Waals surface area contributed by atoms with Crippen molar-refractivity contribution < 1.29 is 36.4 Å². The normalized spacial score (nSPS) is 11.7. The fourth-order valence-corrected chi connectivity index (χ4v) is 3.35. The molecule has 37 heavy (non-hydrogen) atoms. The molecule has 0 saturated carbocycles. The molecule has 2 nitrogen and oxygen atoms in total. The van der Waals surface area contributed by atoms with Gasteiger partial charge in [-0.3, -0.25) is 12.2 Å². The van der Waals surface area contributed by atoms with Gasteiger partial charge in [0, 0.05) is 11.1 Å². The minimum atomic E-state index is 0. The van der Waals surface area contributed by atoms with Crippen molar-refractivity contribution in [3.8, 4) is 33.8 Å². The van der Waals surface area contributed by atoms with Gasteiger partial charge in [0.2, 0.25) is 0 Å². The molecule has 0 unspecified atom stereocenters. The number of para-hydroxylation sites is 2. The first kappa shape index (κ1) is 29.6. The van der Waals surface area contributed by atoms with E-state index in [1.54, 1.807) is 12.1 Å². The zero-order valence-corrected chi connectivity index (χ0v) is 23.1. The van der Waals surface area contributed by atoms with Gasteiger partial charge in [-0.1, -0.05) is 97.1 Å². The summed E-state index contributed by atoms with van der Waals surface area (Å²) in [6.07, 6.45) is 20.0. The van der Waals surface area contributed by atoms with Gasteiger partial charge < -0.3 is 10.2 Å². The van der Waals surface area contributed by atoms with Crippen LogP contribution in [0.2, 0.25) is 0 Å². The van der Waals surface area contributed by atoms with Crippen LogP contribution in [0.3, 0.4) is 0 Å². The van der Waals surface area contributed by atoms with Crippen molar-refractivity contribution in [2.45, 2.75) is 12.8 Å². The zero-order chi connectivity index (χ0) is 25.3. The van der Waals surface area contributed by atoms with Crippen LogP contribution >= 0.6 is 0 Å². The van der Waals surface area contributed by atoms with Crippen molar-refractivity contribution in [2.24, 2.45) is 0 Å². The van der Waals surface area contributed by atoms with Crippen LogP contribution in [0, 0.1) is 12.2 Å². The Balaban J connectivity index is 0.000000187. The summed E-state index contributed by atoms with van der Waals surface area (Å²) in [5, 5.41) is 19.1. The van der Waals surface area contributed by atoms with E-state index in [-0.39, 0.29) is 26.2 Å². The summed E-state index contributed by atoms with van der Waals surface area (Å²) < 4.78 is 0. The molecule has 0 aliphatic heterocycles. The standard InChI is InChI=1S/2C12H10O.2C5H5.Zr/c2*13-12-9-5-4-8-11(12)10-6-2-1-3-7-10;2*1-2-4-5-3-1;/h2*1-9,13H;2*1-3H,4H2;/q;;2*-1;+2. The number of hydrogen-bond donors (Lipinski definition) is 2. The second-order valence-corrected chi connectivity index (χ2v) is 7.77. The van der Waals surface area contributed by atoms with Crippen molar-refractivity contribution in [2.75, 3.05) is 0 Å². The third-order valence-corrected chi connectivity index (χ3v) is 5.15. The minimum absolute atomic E-state index is 0. The van der Waals surface area contributed by atoms with Gasteiger partial charge in [-0.05, 0) is 23.3 Å². The largest absolute Gasteiger partial charge is 2.00 e. The van der Waals surface area contributed by atoms with Crippen molar-refractivity contribution in [3.63, 3.8) is 0 Å². The maximum absolute atomic E-state index is 9.56. The van der Waals surface area contributed by atoms with Crippen LogP contribution in [0.5, 0.6) is 11.5 Å². The minimum Gasteiger partial charge on any atom is -0.507 e. The second-order valence-electron chi connectivity index (χ2n) is 7.77. The number of hydrogen-bond acceptors (Lipinski definition) is 2. The molecule has 0 atom stereocenters. The van der Waals surface area contributed by atoms with Gasteiger partial charge in [0.25, 0.3) is 0 Å². The molecule has 3 heteroatoms. The van der Waals surface area contributed by atoms with E-state index in [1.807, 2.05) is 121 Å². The Morgan fingerprint density at radius 1 is 0.459 bits per heavy atom. The number of benzene rings is 4. The van der Waals surface area contributed by atoms with Gasteiger partial charge in [-0.25, -0.2) is 24.3 Å². The Morgan fingerprint density at radius 3 is 1.08 bits per heavy atom. The van der Waals surface area contributed by atoms with Gasteiger partial charge in [-0.2, -0.15) is 12.2 Å². The van der Waals surface area contributed by atoms with Crippen LogP contribution < -0.4 is 0 Å². The second kappa shape index (κ2) is 17.7. The molecule has 0 heterocycles. The van der Waals surface area contributed by atoms with Crippen molar-refractivity contribution >= 4 is 0 Å². The number of aromatic hydroxyl groups is 2. The molecular weight excluding hydrogens is 532 g/mol. The average Bonchev–Trinajstić information content (AvgIpc) is 3.71. The molecule has 0 bridgehead atoms. The van der Waals surface area contributed by atoms with Gasteiger partial charge >= 0.3 is 26.2 Å². The predicted octanol–water partition coefficient (Wildman–Crippen LogP) is 8.73. The Bertz CT molecular complexity index is 1170. The fraction of sp³-hybridized carbons (Fsp3) is 0.0588. The smallest absolute Gasteiger partial charge is 0.507 e.